The Morgan fingerprint density at radius 2 is 2.15 bits per heavy atom. The second-order valence-electron chi connectivity index (χ2n) is 4.49. The van der Waals surface area contributed by atoms with Gasteiger partial charge < -0.3 is 20.5 Å². The van der Waals surface area contributed by atoms with Crippen LogP contribution in [0, 0.1) is 0 Å². The molecular weight excluding hydrogens is 256 g/mol. The van der Waals surface area contributed by atoms with E-state index in [1.54, 1.807) is 26.2 Å². The normalized spacial score (nSPS) is 13.2. The molecule has 5 nitrogen and oxygen atoms in total. The lowest BCUT2D eigenvalue weighted by Gasteiger charge is -2.17. The quantitative estimate of drug-likeness (QED) is 0.746. The molecule has 1 aromatic rings. The van der Waals surface area contributed by atoms with Crippen molar-refractivity contribution in [3.05, 3.63) is 36.4 Å². The Morgan fingerprint density at radius 1 is 1.45 bits per heavy atom. The number of hydrogen-bond acceptors (Lipinski definition) is 4. The first-order valence-corrected chi connectivity index (χ1v) is 6.48. The van der Waals surface area contributed by atoms with E-state index in [1.807, 2.05) is 19.1 Å². The fraction of sp³-hybridized carbons (Fsp3) is 0.400. The molecule has 5 heteroatoms. The minimum Gasteiger partial charge on any atom is -0.493 e. The third-order valence-corrected chi connectivity index (χ3v) is 2.81. The van der Waals surface area contributed by atoms with Gasteiger partial charge in [0.25, 0.3) is 5.91 Å². The summed E-state index contributed by atoms with van der Waals surface area (Å²) in [5, 5.41) is 2.68. The summed E-state index contributed by atoms with van der Waals surface area (Å²) < 4.78 is 10.9. The van der Waals surface area contributed by atoms with Crippen molar-refractivity contribution >= 4 is 5.91 Å². The molecule has 0 aromatic heterocycles. The maximum Gasteiger partial charge on any atom is 0.261 e. The van der Waals surface area contributed by atoms with Crippen molar-refractivity contribution in [2.75, 3.05) is 13.7 Å². The summed E-state index contributed by atoms with van der Waals surface area (Å²) in [5.74, 6) is 0.865. The highest BCUT2D eigenvalue weighted by molar-refractivity contribution is 5.80. The molecule has 0 aliphatic heterocycles. The van der Waals surface area contributed by atoms with Gasteiger partial charge in [-0.15, -0.1) is 6.58 Å². The van der Waals surface area contributed by atoms with Crippen LogP contribution in [0.2, 0.25) is 0 Å². The Hall–Kier alpha value is -2.01. The summed E-state index contributed by atoms with van der Waals surface area (Å²) in [6.45, 7) is 7.52. The van der Waals surface area contributed by atoms with Gasteiger partial charge in [0.1, 0.15) is 0 Å². The SMILES string of the molecule is C=CCNC(=O)C(C)Oc1ccc([C@@H](C)N)cc1OC. The van der Waals surface area contributed by atoms with Gasteiger partial charge in [0, 0.05) is 12.6 Å². The number of methoxy groups -OCH3 is 1. The summed E-state index contributed by atoms with van der Waals surface area (Å²) in [6.07, 6.45) is 0.993. The van der Waals surface area contributed by atoms with E-state index >= 15 is 0 Å². The molecule has 0 heterocycles. The number of benzene rings is 1. The highest BCUT2D eigenvalue weighted by atomic mass is 16.5. The van der Waals surface area contributed by atoms with Crippen LogP contribution in [0.25, 0.3) is 0 Å². The largest absolute Gasteiger partial charge is 0.493 e. The van der Waals surface area contributed by atoms with Gasteiger partial charge in [-0.05, 0) is 31.5 Å². The molecule has 0 saturated carbocycles. The van der Waals surface area contributed by atoms with E-state index in [0.29, 0.717) is 18.0 Å². The number of carbonyl (C=O) groups is 1. The molecule has 1 unspecified atom stereocenters. The summed E-state index contributed by atoms with van der Waals surface area (Å²) in [4.78, 5) is 11.7. The Balaban J connectivity index is 2.81. The van der Waals surface area contributed by atoms with E-state index in [1.165, 1.54) is 0 Å². The van der Waals surface area contributed by atoms with Crippen LogP contribution in [0.15, 0.2) is 30.9 Å². The van der Waals surface area contributed by atoms with Crippen LogP contribution < -0.4 is 20.5 Å². The van der Waals surface area contributed by atoms with Gasteiger partial charge in [-0.2, -0.15) is 0 Å². The second-order valence-corrected chi connectivity index (χ2v) is 4.49. The first kappa shape index (κ1) is 16.0. The molecule has 110 valence electrons. The van der Waals surface area contributed by atoms with Crippen molar-refractivity contribution in [3.8, 4) is 11.5 Å². The fourth-order valence-corrected chi connectivity index (χ4v) is 1.63. The Bertz CT molecular complexity index is 472. The summed E-state index contributed by atoms with van der Waals surface area (Å²) in [7, 11) is 1.55. The topological polar surface area (TPSA) is 73.6 Å². The zero-order valence-corrected chi connectivity index (χ0v) is 12.2. The van der Waals surface area contributed by atoms with Gasteiger partial charge in [-0.1, -0.05) is 12.1 Å². The van der Waals surface area contributed by atoms with E-state index in [4.69, 9.17) is 15.2 Å². The summed E-state index contributed by atoms with van der Waals surface area (Å²) in [5.41, 5.74) is 6.76. The molecular formula is C15H22N2O3. The smallest absolute Gasteiger partial charge is 0.261 e. The number of carbonyl (C=O) groups excluding carboxylic acids is 1. The van der Waals surface area contributed by atoms with E-state index in [9.17, 15) is 4.79 Å². The number of nitrogens with one attached hydrogen (secondary N) is 1. The molecule has 20 heavy (non-hydrogen) atoms. The maximum atomic E-state index is 11.7. The predicted octanol–water partition coefficient (Wildman–Crippen LogP) is 1.78. The fourth-order valence-electron chi connectivity index (χ4n) is 1.63. The van der Waals surface area contributed by atoms with Crippen LogP contribution >= 0.6 is 0 Å². The van der Waals surface area contributed by atoms with Gasteiger partial charge in [-0.3, -0.25) is 4.79 Å². The van der Waals surface area contributed by atoms with E-state index in [0.717, 1.165) is 5.56 Å². The molecule has 1 rings (SSSR count). The van der Waals surface area contributed by atoms with Crippen molar-refractivity contribution in [2.45, 2.75) is 26.0 Å². The highest BCUT2D eigenvalue weighted by Gasteiger charge is 2.16. The minimum atomic E-state index is -0.620. The van der Waals surface area contributed by atoms with E-state index < -0.39 is 6.10 Å². The monoisotopic (exact) mass is 278 g/mol. The average molecular weight is 278 g/mol. The molecule has 0 aliphatic carbocycles. The molecule has 0 fully saturated rings. The van der Waals surface area contributed by atoms with E-state index in [2.05, 4.69) is 11.9 Å². The number of rotatable bonds is 7. The van der Waals surface area contributed by atoms with Crippen LogP contribution in [0.1, 0.15) is 25.5 Å². The zero-order valence-electron chi connectivity index (χ0n) is 12.2. The molecule has 1 amide bonds. The third kappa shape index (κ3) is 4.28. The van der Waals surface area contributed by atoms with E-state index in [-0.39, 0.29) is 11.9 Å². The van der Waals surface area contributed by atoms with Crippen LogP contribution in [-0.4, -0.2) is 25.7 Å². The predicted molar refractivity (Wildman–Crippen MR) is 78.9 cm³/mol. The second kappa shape index (κ2) is 7.55. The van der Waals surface area contributed by atoms with Crippen molar-refractivity contribution < 1.29 is 14.3 Å². The Kier molecular flexibility index (Phi) is 6.06. The first-order chi connectivity index (χ1) is 9.49. The highest BCUT2D eigenvalue weighted by Crippen LogP contribution is 2.30. The van der Waals surface area contributed by atoms with Crippen LogP contribution in [0.3, 0.4) is 0 Å². The van der Waals surface area contributed by atoms with Crippen LogP contribution in [0.4, 0.5) is 0 Å². The average Bonchev–Trinajstić information content (AvgIpc) is 2.44. The standard InChI is InChI=1S/C15H22N2O3/c1-5-8-17-15(18)11(3)20-13-7-6-12(10(2)16)9-14(13)19-4/h5-7,9-11H,1,8,16H2,2-4H3,(H,17,18)/t10-,11?/m1/s1. The van der Waals surface area contributed by atoms with Gasteiger partial charge >= 0.3 is 0 Å². The molecule has 3 N–H and O–H groups in total. The van der Waals surface area contributed by atoms with Gasteiger partial charge in [0.05, 0.1) is 7.11 Å². The zero-order chi connectivity index (χ0) is 15.1. The molecule has 0 radical (unpaired) electrons. The maximum absolute atomic E-state index is 11.7. The lowest BCUT2D eigenvalue weighted by Crippen LogP contribution is -2.36. The molecule has 0 spiro atoms. The Labute approximate surface area is 119 Å². The number of hydrogen-bond donors (Lipinski definition) is 2. The molecule has 0 aliphatic rings. The number of nitrogens with two attached hydrogens (primary N) is 1. The number of amides is 1. The first-order valence-electron chi connectivity index (χ1n) is 6.48. The Morgan fingerprint density at radius 3 is 2.70 bits per heavy atom. The third-order valence-electron chi connectivity index (χ3n) is 2.81. The summed E-state index contributed by atoms with van der Waals surface area (Å²) in [6, 6.07) is 5.34. The lowest BCUT2D eigenvalue weighted by molar-refractivity contribution is -0.127. The molecule has 0 bridgehead atoms. The minimum absolute atomic E-state index is 0.0914. The van der Waals surface area contributed by atoms with Gasteiger partial charge in [0.2, 0.25) is 0 Å². The lowest BCUT2D eigenvalue weighted by atomic mass is 10.1. The van der Waals surface area contributed by atoms with Gasteiger partial charge in [-0.25, -0.2) is 0 Å². The van der Waals surface area contributed by atoms with Gasteiger partial charge in [0.15, 0.2) is 17.6 Å². The molecule has 2 atom stereocenters. The van der Waals surface area contributed by atoms with Crippen molar-refractivity contribution in [2.24, 2.45) is 5.73 Å². The van der Waals surface area contributed by atoms with Crippen molar-refractivity contribution in [3.63, 3.8) is 0 Å². The van der Waals surface area contributed by atoms with Crippen molar-refractivity contribution in [1.29, 1.82) is 0 Å². The number of ether oxygens (including phenoxy) is 2. The molecule has 0 saturated heterocycles. The van der Waals surface area contributed by atoms with Crippen molar-refractivity contribution in [1.82, 2.24) is 5.32 Å². The summed E-state index contributed by atoms with van der Waals surface area (Å²) >= 11 is 0. The molecule has 1 aromatic carbocycles. The van der Waals surface area contributed by atoms with Crippen LogP contribution in [-0.2, 0) is 4.79 Å². The van der Waals surface area contributed by atoms with Crippen LogP contribution in [0.5, 0.6) is 11.5 Å².